The summed E-state index contributed by atoms with van der Waals surface area (Å²) in [5.74, 6) is 0. The monoisotopic (exact) mass is 138 g/mol. The van der Waals surface area contributed by atoms with E-state index in [0.717, 1.165) is 6.42 Å². The molecule has 0 bridgehead atoms. The summed E-state index contributed by atoms with van der Waals surface area (Å²) in [5, 5.41) is 8.28. The molecule has 0 heterocycles. The molecule has 0 radical (unpaired) electrons. The van der Waals surface area contributed by atoms with E-state index in [-0.39, 0.29) is 37.6 Å². The third-order valence-corrected chi connectivity index (χ3v) is 0.996. The van der Waals surface area contributed by atoms with Gasteiger partial charge in [-0.3, -0.25) is 0 Å². The molecule has 0 aliphatic carbocycles. The first-order valence-electron chi connectivity index (χ1n) is 3.17. The van der Waals surface area contributed by atoms with Crippen LogP contribution in [0.4, 0.5) is 0 Å². The fraction of sp³-hybridized carbons (Fsp3) is 0.714. The molecule has 9 heavy (non-hydrogen) atoms. The van der Waals surface area contributed by atoms with E-state index in [2.05, 4.69) is 6.92 Å². The van der Waals surface area contributed by atoms with Crippen molar-refractivity contribution in [2.75, 3.05) is 6.61 Å². The Bertz CT molecular complexity index is 66.6. The van der Waals surface area contributed by atoms with Crippen LogP contribution in [0.25, 0.3) is 0 Å². The quantitative estimate of drug-likeness (QED) is 0.295. The standard InChI is InChI=1S/C7H14O.Na.H/c1-2-3-4-5-6-7-8;;/h5-6,8H,2-4,7H2,1H3;;/q;+1;-1/b6-5+;;. The summed E-state index contributed by atoms with van der Waals surface area (Å²) in [4.78, 5) is 0. The molecule has 0 aromatic heterocycles. The molecule has 0 aromatic carbocycles. The average Bonchev–Trinajstić information content (AvgIpc) is 1.81. The van der Waals surface area contributed by atoms with Crippen LogP contribution in [0.2, 0.25) is 0 Å². The Morgan fingerprint density at radius 1 is 1.44 bits per heavy atom. The van der Waals surface area contributed by atoms with Gasteiger partial charge in [0.05, 0.1) is 6.61 Å². The van der Waals surface area contributed by atoms with Gasteiger partial charge < -0.3 is 6.53 Å². The van der Waals surface area contributed by atoms with Crippen LogP contribution in [0.5, 0.6) is 0 Å². The first-order chi connectivity index (χ1) is 3.91. The summed E-state index contributed by atoms with van der Waals surface area (Å²) < 4.78 is 0. The number of hydrogen-bond donors (Lipinski definition) is 1. The maximum absolute atomic E-state index is 8.28. The van der Waals surface area contributed by atoms with Crippen molar-refractivity contribution in [3.05, 3.63) is 12.2 Å². The zero-order valence-corrected chi connectivity index (χ0v) is 8.43. The minimum atomic E-state index is 0. The fourth-order valence-electron chi connectivity index (χ4n) is 0.514. The summed E-state index contributed by atoms with van der Waals surface area (Å²) in [6.45, 7) is 2.34. The molecule has 0 amide bonds. The van der Waals surface area contributed by atoms with Crippen molar-refractivity contribution in [1.29, 1.82) is 0 Å². The van der Waals surface area contributed by atoms with E-state index < -0.39 is 0 Å². The number of allylic oxidation sites excluding steroid dienone is 1. The van der Waals surface area contributed by atoms with Gasteiger partial charge in [-0.25, -0.2) is 0 Å². The minimum Gasteiger partial charge on any atom is -1.00 e. The molecule has 0 aliphatic rings. The molecule has 50 valence electrons. The maximum atomic E-state index is 8.28. The number of unbranched alkanes of at least 4 members (excludes halogenated alkanes) is 2. The van der Waals surface area contributed by atoms with E-state index in [0.29, 0.717) is 0 Å². The molecule has 0 saturated carbocycles. The molecule has 0 fully saturated rings. The van der Waals surface area contributed by atoms with Crippen molar-refractivity contribution >= 4 is 0 Å². The Labute approximate surface area is 80.9 Å². The zero-order chi connectivity index (χ0) is 6.24. The molecule has 1 nitrogen and oxygen atoms in total. The van der Waals surface area contributed by atoms with Crippen molar-refractivity contribution < 1.29 is 36.1 Å². The van der Waals surface area contributed by atoms with Crippen molar-refractivity contribution in [3.63, 3.8) is 0 Å². The summed E-state index contributed by atoms with van der Waals surface area (Å²) in [7, 11) is 0. The maximum Gasteiger partial charge on any atom is 1.00 e. The molecular weight excluding hydrogens is 123 g/mol. The minimum absolute atomic E-state index is 0. The predicted octanol–water partition coefficient (Wildman–Crippen LogP) is -1.16. The first-order valence-corrected chi connectivity index (χ1v) is 3.17. The first kappa shape index (κ1) is 12.4. The molecule has 0 spiro atoms. The van der Waals surface area contributed by atoms with Crippen LogP contribution in [0.1, 0.15) is 27.6 Å². The van der Waals surface area contributed by atoms with Crippen LogP contribution in [-0.2, 0) is 0 Å². The molecule has 1 N–H and O–H groups in total. The van der Waals surface area contributed by atoms with Gasteiger partial charge in [-0.2, -0.15) is 0 Å². The fourth-order valence-corrected chi connectivity index (χ4v) is 0.514. The molecule has 0 saturated heterocycles. The van der Waals surface area contributed by atoms with Crippen molar-refractivity contribution in [2.45, 2.75) is 26.2 Å². The molecule has 0 aliphatic heterocycles. The van der Waals surface area contributed by atoms with Gasteiger partial charge in [0.25, 0.3) is 0 Å². The molecule has 0 rings (SSSR count). The van der Waals surface area contributed by atoms with Crippen LogP contribution in [0, 0.1) is 0 Å². The molecule has 0 unspecified atom stereocenters. The van der Waals surface area contributed by atoms with E-state index in [4.69, 9.17) is 5.11 Å². The number of aliphatic hydroxyl groups excluding tert-OH is 1. The van der Waals surface area contributed by atoms with Crippen molar-refractivity contribution in [2.24, 2.45) is 0 Å². The molecule has 2 heteroatoms. The van der Waals surface area contributed by atoms with E-state index >= 15 is 0 Å². The summed E-state index contributed by atoms with van der Waals surface area (Å²) >= 11 is 0. The molecule has 0 atom stereocenters. The molecular formula is C7H15NaO. The van der Waals surface area contributed by atoms with Gasteiger partial charge in [0.2, 0.25) is 0 Å². The summed E-state index contributed by atoms with van der Waals surface area (Å²) in [5.41, 5.74) is 0. The summed E-state index contributed by atoms with van der Waals surface area (Å²) in [6, 6.07) is 0. The van der Waals surface area contributed by atoms with Gasteiger partial charge in [0.15, 0.2) is 0 Å². The second-order valence-electron chi connectivity index (χ2n) is 1.80. The van der Waals surface area contributed by atoms with Gasteiger partial charge in [-0.15, -0.1) is 0 Å². The van der Waals surface area contributed by atoms with Crippen LogP contribution in [0.3, 0.4) is 0 Å². The van der Waals surface area contributed by atoms with E-state index in [1.54, 1.807) is 6.08 Å². The van der Waals surface area contributed by atoms with Crippen LogP contribution in [0.15, 0.2) is 12.2 Å². The topological polar surface area (TPSA) is 20.2 Å². The number of hydrogen-bond acceptors (Lipinski definition) is 1. The van der Waals surface area contributed by atoms with Gasteiger partial charge in [0, 0.05) is 0 Å². The van der Waals surface area contributed by atoms with Crippen LogP contribution in [-0.4, -0.2) is 11.7 Å². The third-order valence-electron chi connectivity index (χ3n) is 0.996. The Hall–Kier alpha value is 0.700. The van der Waals surface area contributed by atoms with E-state index in [9.17, 15) is 0 Å². The van der Waals surface area contributed by atoms with Crippen molar-refractivity contribution in [1.82, 2.24) is 0 Å². The molecule has 0 aromatic rings. The van der Waals surface area contributed by atoms with Gasteiger partial charge in [-0.05, 0) is 6.42 Å². The van der Waals surface area contributed by atoms with E-state index in [1.165, 1.54) is 12.8 Å². The third kappa shape index (κ3) is 12.0. The number of rotatable bonds is 4. The Morgan fingerprint density at radius 2 is 2.11 bits per heavy atom. The average molecular weight is 138 g/mol. The smallest absolute Gasteiger partial charge is 1.00 e. The Morgan fingerprint density at radius 3 is 2.56 bits per heavy atom. The normalized spacial score (nSPS) is 9.56. The number of aliphatic hydroxyl groups is 1. The van der Waals surface area contributed by atoms with E-state index in [1.807, 2.05) is 6.08 Å². The van der Waals surface area contributed by atoms with Gasteiger partial charge >= 0.3 is 29.6 Å². The Kier molecular flexibility index (Phi) is 15.8. The Balaban J connectivity index is -0.000000245. The van der Waals surface area contributed by atoms with Crippen LogP contribution >= 0.6 is 0 Å². The second kappa shape index (κ2) is 11.5. The van der Waals surface area contributed by atoms with Gasteiger partial charge in [-0.1, -0.05) is 31.9 Å². The second-order valence-corrected chi connectivity index (χ2v) is 1.80. The van der Waals surface area contributed by atoms with Crippen molar-refractivity contribution in [3.8, 4) is 0 Å². The van der Waals surface area contributed by atoms with Gasteiger partial charge in [0.1, 0.15) is 0 Å². The zero-order valence-electron chi connectivity index (χ0n) is 7.43. The van der Waals surface area contributed by atoms with Crippen LogP contribution < -0.4 is 29.6 Å². The SMILES string of the molecule is CCCC/C=C/CO.[H-].[Na+]. The largest absolute Gasteiger partial charge is 1.00 e. The summed E-state index contributed by atoms with van der Waals surface area (Å²) in [6.07, 6.45) is 7.38. The predicted molar refractivity (Wildman–Crippen MR) is 36.9 cm³/mol.